The monoisotopic (exact) mass is 480 g/mol. The van der Waals surface area contributed by atoms with E-state index >= 15 is 0 Å². The van der Waals surface area contributed by atoms with Crippen LogP contribution in [0.25, 0.3) is 11.1 Å². The van der Waals surface area contributed by atoms with E-state index in [-0.39, 0.29) is 36.5 Å². The number of nitrogen functional groups attached to an aromatic ring is 1. The maximum atomic E-state index is 12.7. The summed E-state index contributed by atoms with van der Waals surface area (Å²) in [6.45, 7) is 9.00. The molecule has 1 aromatic heterocycles. The number of aliphatic hydroxyl groups is 1. The van der Waals surface area contributed by atoms with E-state index in [4.69, 9.17) is 10.5 Å². The molecule has 0 saturated heterocycles. The van der Waals surface area contributed by atoms with Gasteiger partial charge in [-0.2, -0.15) is 0 Å². The maximum Gasteiger partial charge on any atom is 0.330 e. The van der Waals surface area contributed by atoms with E-state index in [9.17, 15) is 14.7 Å². The van der Waals surface area contributed by atoms with Crippen molar-refractivity contribution in [2.45, 2.75) is 40.3 Å². The first-order valence-electron chi connectivity index (χ1n) is 12.0. The van der Waals surface area contributed by atoms with Gasteiger partial charge in [0.05, 0.1) is 0 Å². The lowest BCUT2D eigenvalue weighted by atomic mass is 10.1. The first-order chi connectivity index (χ1) is 16.7. The van der Waals surface area contributed by atoms with E-state index in [0.717, 1.165) is 11.1 Å². The average molecular weight is 481 g/mol. The molecular formula is C27H36N4O4. The van der Waals surface area contributed by atoms with Crippen LogP contribution in [0.15, 0.2) is 64.2 Å². The molecule has 0 aliphatic carbocycles. The topological polar surface area (TPSA) is 114 Å². The van der Waals surface area contributed by atoms with Crippen molar-refractivity contribution in [2.75, 3.05) is 30.3 Å². The number of nitrogens with two attached hydrogens (primary N) is 1. The summed E-state index contributed by atoms with van der Waals surface area (Å²) in [4.78, 5) is 29.2. The number of benzene rings is 2. The third-order valence-electron chi connectivity index (χ3n) is 5.50. The van der Waals surface area contributed by atoms with E-state index in [2.05, 4.69) is 4.98 Å². The van der Waals surface area contributed by atoms with Gasteiger partial charge in [-0.25, -0.2) is 4.79 Å². The Morgan fingerprint density at radius 1 is 0.943 bits per heavy atom. The Labute approximate surface area is 206 Å². The molecule has 3 rings (SSSR count). The summed E-state index contributed by atoms with van der Waals surface area (Å²) >= 11 is 0. The van der Waals surface area contributed by atoms with Crippen LogP contribution in [0.1, 0.15) is 27.7 Å². The molecule has 188 valence electrons. The van der Waals surface area contributed by atoms with E-state index < -0.39 is 17.4 Å². The highest BCUT2D eigenvalue weighted by molar-refractivity contribution is 5.64. The number of hydrogen-bond donors (Lipinski definition) is 3. The van der Waals surface area contributed by atoms with Crippen LogP contribution in [-0.4, -0.2) is 40.5 Å². The molecule has 8 heteroatoms. The largest absolute Gasteiger partial charge is 0.491 e. The average Bonchev–Trinajstić information content (AvgIpc) is 2.80. The van der Waals surface area contributed by atoms with Gasteiger partial charge in [0.25, 0.3) is 5.56 Å². The number of aromatic nitrogens is 2. The molecule has 0 amide bonds. The number of H-pyrrole nitrogens is 1. The Morgan fingerprint density at radius 3 is 2.17 bits per heavy atom. The van der Waals surface area contributed by atoms with Crippen molar-refractivity contribution < 1.29 is 9.84 Å². The highest BCUT2D eigenvalue weighted by Gasteiger charge is 2.22. The number of nitrogens with one attached hydrogen (secondary N) is 1. The van der Waals surface area contributed by atoms with Crippen molar-refractivity contribution in [3.63, 3.8) is 0 Å². The molecule has 0 aliphatic heterocycles. The van der Waals surface area contributed by atoms with Crippen LogP contribution in [0.2, 0.25) is 0 Å². The third kappa shape index (κ3) is 6.99. The highest BCUT2D eigenvalue weighted by Crippen LogP contribution is 2.23. The van der Waals surface area contributed by atoms with Crippen molar-refractivity contribution in [1.82, 2.24) is 9.55 Å². The van der Waals surface area contributed by atoms with Gasteiger partial charge in [0.1, 0.15) is 30.0 Å². The summed E-state index contributed by atoms with van der Waals surface area (Å²) in [7, 11) is 0. The van der Waals surface area contributed by atoms with Crippen LogP contribution >= 0.6 is 0 Å². The van der Waals surface area contributed by atoms with Crippen molar-refractivity contribution >= 4 is 11.5 Å². The molecule has 1 heterocycles. The zero-order chi connectivity index (χ0) is 25.5. The minimum atomic E-state index is -0.883. The third-order valence-corrected chi connectivity index (χ3v) is 5.50. The van der Waals surface area contributed by atoms with E-state index in [1.165, 1.54) is 4.57 Å². The van der Waals surface area contributed by atoms with Crippen molar-refractivity contribution in [1.29, 1.82) is 0 Å². The molecule has 4 N–H and O–H groups in total. The highest BCUT2D eigenvalue weighted by atomic mass is 16.5. The number of rotatable bonds is 11. The molecule has 8 nitrogen and oxygen atoms in total. The lowest BCUT2D eigenvalue weighted by Gasteiger charge is -2.30. The zero-order valence-electron chi connectivity index (χ0n) is 20.9. The smallest absolute Gasteiger partial charge is 0.330 e. The predicted octanol–water partition coefficient (Wildman–Crippen LogP) is 3.34. The molecule has 0 fully saturated rings. The molecule has 0 bridgehead atoms. The molecule has 35 heavy (non-hydrogen) atoms. The SMILES string of the molecule is CC(C)CN(CC(O)COc1ccc(-c2ccccc2)cc1)c1c(N)n(CC(C)C)c(=O)[nH]c1=O. The number of anilines is 2. The zero-order valence-corrected chi connectivity index (χ0v) is 20.9. The van der Waals surface area contributed by atoms with Gasteiger partial charge in [0, 0.05) is 19.6 Å². The minimum absolute atomic E-state index is 0.0444. The minimum Gasteiger partial charge on any atom is -0.491 e. The Hall–Kier alpha value is -3.52. The molecule has 1 atom stereocenters. The first-order valence-corrected chi connectivity index (χ1v) is 12.0. The Morgan fingerprint density at radius 2 is 1.57 bits per heavy atom. The quantitative estimate of drug-likeness (QED) is 0.388. The van der Waals surface area contributed by atoms with E-state index in [0.29, 0.717) is 18.8 Å². The maximum absolute atomic E-state index is 12.7. The van der Waals surface area contributed by atoms with Crippen LogP contribution in [0, 0.1) is 11.8 Å². The van der Waals surface area contributed by atoms with Crippen molar-refractivity contribution in [3.05, 3.63) is 75.4 Å². The van der Waals surface area contributed by atoms with Crippen LogP contribution in [0.3, 0.4) is 0 Å². The van der Waals surface area contributed by atoms with Gasteiger partial charge in [-0.3, -0.25) is 14.3 Å². The summed E-state index contributed by atoms with van der Waals surface area (Å²) in [5.74, 6) is 1.11. The van der Waals surface area contributed by atoms with E-state index in [1.807, 2.05) is 82.3 Å². The summed E-state index contributed by atoms with van der Waals surface area (Å²) < 4.78 is 7.19. The van der Waals surface area contributed by atoms with Crippen LogP contribution in [-0.2, 0) is 6.54 Å². The van der Waals surface area contributed by atoms with E-state index in [1.54, 1.807) is 4.90 Å². The number of hydrogen-bond acceptors (Lipinski definition) is 6. The second-order valence-electron chi connectivity index (χ2n) is 9.65. The summed E-state index contributed by atoms with van der Waals surface area (Å²) in [5, 5.41) is 10.8. The lowest BCUT2D eigenvalue weighted by molar-refractivity contribution is 0.111. The summed E-state index contributed by atoms with van der Waals surface area (Å²) in [5.41, 5.74) is 7.60. The molecule has 1 unspecified atom stereocenters. The van der Waals surface area contributed by atoms with Gasteiger partial charge in [-0.05, 0) is 35.1 Å². The molecule has 0 aliphatic rings. The van der Waals surface area contributed by atoms with Crippen LogP contribution in [0.5, 0.6) is 5.75 Å². The Kier molecular flexibility index (Phi) is 8.76. The summed E-state index contributed by atoms with van der Waals surface area (Å²) in [6, 6.07) is 17.7. The number of ether oxygens (including phenoxy) is 1. The fourth-order valence-corrected chi connectivity index (χ4v) is 4.00. The molecule has 0 saturated carbocycles. The van der Waals surface area contributed by atoms with Gasteiger partial charge in [0.15, 0.2) is 0 Å². The predicted molar refractivity (Wildman–Crippen MR) is 141 cm³/mol. The van der Waals surface area contributed by atoms with Crippen molar-refractivity contribution in [3.8, 4) is 16.9 Å². The molecule has 0 radical (unpaired) electrons. The van der Waals surface area contributed by atoms with Gasteiger partial charge >= 0.3 is 5.69 Å². The van der Waals surface area contributed by atoms with Gasteiger partial charge in [-0.15, -0.1) is 0 Å². The Balaban J connectivity index is 1.73. The fraction of sp³-hybridized carbons (Fsp3) is 0.407. The molecular weight excluding hydrogens is 444 g/mol. The van der Waals surface area contributed by atoms with Gasteiger partial charge in [0.2, 0.25) is 0 Å². The number of nitrogens with zero attached hydrogens (tertiary/aromatic N) is 2. The lowest BCUT2D eigenvalue weighted by Crippen LogP contribution is -2.44. The second kappa shape index (κ2) is 11.8. The number of aliphatic hydroxyl groups excluding tert-OH is 1. The standard InChI is InChI=1S/C27H36N4O4/c1-18(2)14-30(24-25(28)31(15-19(3)4)27(34)29-26(24)33)16-22(32)17-35-23-12-10-21(11-13-23)20-8-6-5-7-9-20/h5-13,18-19,22,32H,14-17,28H2,1-4H3,(H,29,33,34). The van der Waals surface area contributed by atoms with Crippen LogP contribution < -0.4 is 26.6 Å². The number of aromatic amines is 1. The van der Waals surface area contributed by atoms with Gasteiger partial charge < -0.3 is 20.5 Å². The van der Waals surface area contributed by atoms with Gasteiger partial charge in [-0.1, -0.05) is 70.2 Å². The first kappa shape index (κ1) is 26.1. The molecule has 3 aromatic rings. The summed E-state index contributed by atoms with van der Waals surface area (Å²) in [6.07, 6.45) is -0.883. The fourth-order valence-electron chi connectivity index (χ4n) is 4.00. The second-order valence-corrected chi connectivity index (χ2v) is 9.65. The normalized spacial score (nSPS) is 12.2. The molecule has 2 aromatic carbocycles. The van der Waals surface area contributed by atoms with Crippen LogP contribution in [0.4, 0.5) is 11.5 Å². The van der Waals surface area contributed by atoms with Crippen molar-refractivity contribution in [2.24, 2.45) is 11.8 Å². The molecule has 0 spiro atoms. The Bertz CT molecular complexity index is 1200.